The number of hydrogen-bond donors (Lipinski definition) is 1. The first-order valence-electron chi connectivity index (χ1n) is 5.05. The van der Waals surface area contributed by atoms with E-state index in [4.69, 9.17) is 0 Å². The SMILES string of the molecule is CNc1cc(C(C)(C)C)cc(C(F)(F)F)c1. The summed E-state index contributed by atoms with van der Waals surface area (Å²) in [6.45, 7) is 5.67. The summed E-state index contributed by atoms with van der Waals surface area (Å²) in [6.07, 6.45) is -4.30. The van der Waals surface area contributed by atoms with Crippen molar-refractivity contribution < 1.29 is 13.2 Å². The van der Waals surface area contributed by atoms with E-state index in [9.17, 15) is 13.2 Å². The van der Waals surface area contributed by atoms with E-state index >= 15 is 0 Å². The number of anilines is 1. The van der Waals surface area contributed by atoms with Crippen LogP contribution in [-0.2, 0) is 11.6 Å². The highest BCUT2D eigenvalue weighted by molar-refractivity contribution is 5.50. The Morgan fingerprint density at radius 2 is 1.44 bits per heavy atom. The van der Waals surface area contributed by atoms with Gasteiger partial charge in [-0.2, -0.15) is 13.2 Å². The van der Waals surface area contributed by atoms with E-state index in [-0.39, 0.29) is 5.41 Å². The lowest BCUT2D eigenvalue weighted by Gasteiger charge is -2.22. The van der Waals surface area contributed by atoms with Crippen molar-refractivity contribution in [3.8, 4) is 0 Å². The molecule has 0 saturated heterocycles. The summed E-state index contributed by atoms with van der Waals surface area (Å²) in [5.74, 6) is 0. The normalized spacial score (nSPS) is 12.7. The first kappa shape index (κ1) is 12.9. The van der Waals surface area contributed by atoms with Gasteiger partial charge in [0.1, 0.15) is 0 Å². The monoisotopic (exact) mass is 231 g/mol. The van der Waals surface area contributed by atoms with Crippen molar-refractivity contribution in [1.82, 2.24) is 0 Å². The van der Waals surface area contributed by atoms with Gasteiger partial charge < -0.3 is 5.32 Å². The van der Waals surface area contributed by atoms with Gasteiger partial charge in [-0.15, -0.1) is 0 Å². The highest BCUT2D eigenvalue weighted by Crippen LogP contribution is 2.35. The summed E-state index contributed by atoms with van der Waals surface area (Å²) in [5, 5.41) is 2.75. The van der Waals surface area contributed by atoms with E-state index in [0.29, 0.717) is 11.3 Å². The average molecular weight is 231 g/mol. The number of benzene rings is 1. The second kappa shape index (κ2) is 4.00. The maximum absolute atomic E-state index is 12.6. The molecule has 1 rings (SSSR count). The predicted octanol–water partition coefficient (Wildman–Crippen LogP) is 4.04. The van der Waals surface area contributed by atoms with Crippen molar-refractivity contribution in [2.75, 3.05) is 12.4 Å². The molecule has 0 atom stereocenters. The van der Waals surface area contributed by atoms with Gasteiger partial charge in [-0.05, 0) is 29.2 Å². The molecule has 0 aliphatic carbocycles. The van der Waals surface area contributed by atoms with Gasteiger partial charge in [0.05, 0.1) is 5.56 Å². The second-order valence-electron chi connectivity index (χ2n) is 4.80. The molecule has 0 heterocycles. The van der Waals surface area contributed by atoms with Crippen LogP contribution in [0.25, 0.3) is 0 Å². The van der Waals surface area contributed by atoms with E-state index in [2.05, 4.69) is 5.32 Å². The largest absolute Gasteiger partial charge is 0.416 e. The summed E-state index contributed by atoms with van der Waals surface area (Å²) in [5.41, 5.74) is 0.253. The lowest BCUT2D eigenvalue weighted by molar-refractivity contribution is -0.137. The van der Waals surface area contributed by atoms with Crippen molar-refractivity contribution >= 4 is 5.69 Å². The van der Waals surface area contributed by atoms with Crippen LogP contribution in [0.3, 0.4) is 0 Å². The summed E-state index contributed by atoms with van der Waals surface area (Å²) >= 11 is 0. The van der Waals surface area contributed by atoms with Crippen LogP contribution >= 0.6 is 0 Å². The Labute approximate surface area is 93.7 Å². The van der Waals surface area contributed by atoms with Gasteiger partial charge in [-0.1, -0.05) is 20.8 Å². The molecule has 1 aromatic rings. The molecule has 0 aromatic heterocycles. The fourth-order valence-corrected chi connectivity index (χ4v) is 1.37. The fourth-order valence-electron chi connectivity index (χ4n) is 1.37. The Hall–Kier alpha value is -1.19. The fraction of sp³-hybridized carbons (Fsp3) is 0.500. The Balaban J connectivity index is 3.33. The first-order chi connectivity index (χ1) is 7.14. The van der Waals surface area contributed by atoms with Gasteiger partial charge in [-0.25, -0.2) is 0 Å². The van der Waals surface area contributed by atoms with Gasteiger partial charge in [0.2, 0.25) is 0 Å². The number of rotatable bonds is 1. The van der Waals surface area contributed by atoms with Gasteiger partial charge in [0, 0.05) is 12.7 Å². The summed E-state index contributed by atoms with van der Waals surface area (Å²) in [4.78, 5) is 0. The molecule has 1 aromatic carbocycles. The molecule has 0 aliphatic heterocycles. The van der Waals surface area contributed by atoms with Crippen molar-refractivity contribution in [2.45, 2.75) is 32.4 Å². The zero-order valence-electron chi connectivity index (χ0n) is 9.87. The molecule has 1 N–H and O–H groups in total. The third-order valence-corrected chi connectivity index (χ3v) is 2.42. The van der Waals surface area contributed by atoms with Gasteiger partial charge in [-0.3, -0.25) is 0 Å². The zero-order valence-corrected chi connectivity index (χ0v) is 9.87. The van der Waals surface area contributed by atoms with E-state index in [1.807, 2.05) is 20.8 Å². The van der Waals surface area contributed by atoms with E-state index < -0.39 is 11.7 Å². The minimum atomic E-state index is -4.30. The zero-order chi connectivity index (χ0) is 12.6. The highest BCUT2D eigenvalue weighted by atomic mass is 19.4. The molecule has 90 valence electrons. The van der Waals surface area contributed by atoms with E-state index in [1.165, 1.54) is 6.07 Å². The summed E-state index contributed by atoms with van der Waals surface area (Å²) in [6, 6.07) is 4.07. The Bertz CT molecular complexity index is 343. The number of hydrogen-bond acceptors (Lipinski definition) is 1. The molecular formula is C12H16F3N. The summed E-state index contributed by atoms with van der Waals surface area (Å²) < 4.78 is 37.9. The molecular weight excluding hydrogens is 215 g/mol. The predicted molar refractivity (Wildman–Crippen MR) is 59.7 cm³/mol. The molecule has 0 amide bonds. The number of nitrogens with one attached hydrogen (secondary N) is 1. The smallest absolute Gasteiger partial charge is 0.388 e. The minimum absolute atomic E-state index is 0.299. The minimum Gasteiger partial charge on any atom is -0.388 e. The Kier molecular flexibility index (Phi) is 3.22. The van der Waals surface area contributed by atoms with Crippen LogP contribution in [0.5, 0.6) is 0 Å². The molecule has 0 saturated carbocycles. The molecule has 1 nitrogen and oxygen atoms in total. The van der Waals surface area contributed by atoms with Crippen LogP contribution in [-0.4, -0.2) is 7.05 Å². The molecule has 4 heteroatoms. The van der Waals surface area contributed by atoms with Crippen molar-refractivity contribution in [3.05, 3.63) is 29.3 Å². The van der Waals surface area contributed by atoms with Gasteiger partial charge >= 0.3 is 6.18 Å². The van der Waals surface area contributed by atoms with Crippen LogP contribution < -0.4 is 5.32 Å². The van der Waals surface area contributed by atoms with Crippen molar-refractivity contribution in [3.63, 3.8) is 0 Å². The maximum Gasteiger partial charge on any atom is 0.416 e. The molecule has 0 radical (unpaired) electrons. The molecule has 0 unspecified atom stereocenters. The average Bonchev–Trinajstić information content (AvgIpc) is 2.14. The van der Waals surface area contributed by atoms with Gasteiger partial charge in [0.15, 0.2) is 0 Å². The van der Waals surface area contributed by atoms with Crippen molar-refractivity contribution in [1.29, 1.82) is 0 Å². The molecule has 0 fully saturated rings. The third kappa shape index (κ3) is 2.90. The van der Waals surface area contributed by atoms with Crippen LogP contribution in [0.15, 0.2) is 18.2 Å². The van der Waals surface area contributed by atoms with Crippen LogP contribution in [0.2, 0.25) is 0 Å². The summed E-state index contributed by atoms with van der Waals surface area (Å²) in [7, 11) is 1.61. The molecule has 0 bridgehead atoms. The molecule has 0 spiro atoms. The van der Waals surface area contributed by atoms with Crippen LogP contribution in [0.4, 0.5) is 18.9 Å². The van der Waals surface area contributed by atoms with E-state index in [1.54, 1.807) is 13.1 Å². The standard InChI is InChI=1S/C12H16F3N/c1-11(2,3)8-5-9(12(13,14)15)7-10(6-8)16-4/h5-7,16H,1-4H3. The Morgan fingerprint density at radius 1 is 0.938 bits per heavy atom. The lowest BCUT2D eigenvalue weighted by Crippen LogP contribution is -2.14. The first-order valence-corrected chi connectivity index (χ1v) is 5.05. The van der Waals surface area contributed by atoms with E-state index in [0.717, 1.165) is 6.07 Å². The topological polar surface area (TPSA) is 12.0 Å². The Morgan fingerprint density at radius 3 is 1.81 bits per heavy atom. The third-order valence-electron chi connectivity index (χ3n) is 2.42. The second-order valence-corrected chi connectivity index (χ2v) is 4.80. The quantitative estimate of drug-likeness (QED) is 0.769. The number of alkyl halides is 3. The highest BCUT2D eigenvalue weighted by Gasteiger charge is 2.32. The molecule has 16 heavy (non-hydrogen) atoms. The maximum atomic E-state index is 12.6. The number of halogens is 3. The van der Waals surface area contributed by atoms with Gasteiger partial charge in [0.25, 0.3) is 0 Å². The molecule has 0 aliphatic rings. The lowest BCUT2D eigenvalue weighted by atomic mass is 9.85. The van der Waals surface area contributed by atoms with Crippen LogP contribution in [0, 0.1) is 0 Å². The van der Waals surface area contributed by atoms with Crippen molar-refractivity contribution in [2.24, 2.45) is 0 Å². The van der Waals surface area contributed by atoms with Crippen LogP contribution in [0.1, 0.15) is 31.9 Å².